The Morgan fingerprint density at radius 2 is 1.75 bits per heavy atom. The molecule has 0 radical (unpaired) electrons. The van der Waals surface area contributed by atoms with Crippen LogP contribution in [-0.4, -0.2) is 9.97 Å². The van der Waals surface area contributed by atoms with E-state index in [1.165, 1.54) is 0 Å². The Bertz CT molecular complexity index is 1460. The molecule has 138 valence electrons. The molecule has 0 unspecified atom stereocenters. The van der Waals surface area contributed by atoms with E-state index in [0.29, 0.717) is 22.2 Å². The Kier molecular flexibility index (Phi) is 2.93. The first-order valence-corrected chi connectivity index (χ1v) is 9.35. The van der Waals surface area contributed by atoms with Crippen molar-refractivity contribution in [2.45, 2.75) is 33.0 Å². The van der Waals surface area contributed by atoms with Gasteiger partial charge in [-0.2, -0.15) is 0 Å². The number of aryl methyl sites for hydroxylation is 1. The van der Waals surface area contributed by atoms with Gasteiger partial charge in [-0.15, -0.1) is 0 Å². The normalized spacial score (nSPS) is 14.3. The first-order chi connectivity index (χ1) is 14.6. The lowest BCUT2D eigenvalue weighted by molar-refractivity contribution is 0.567. The van der Waals surface area contributed by atoms with E-state index in [-0.39, 0.29) is 11.0 Å². The number of hydrogen-bond donors (Lipinski definition) is 0. The number of benzene rings is 3. The smallest absolute Gasteiger partial charge is 0.145 e. The van der Waals surface area contributed by atoms with Crippen molar-refractivity contribution in [3.05, 3.63) is 72.2 Å². The molecule has 3 nitrogen and oxygen atoms in total. The first kappa shape index (κ1) is 13.9. The molecular weight excluding hydrogens is 344 g/mol. The number of fused-ring (bicyclic) bond motifs is 5. The molecule has 0 fully saturated rings. The van der Waals surface area contributed by atoms with Crippen LogP contribution in [0.2, 0.25) is 0 Å². The Labute approximate surface area is 168 Å². The second-order valence-corrected chi connectivity index (χ2v) is 8.17. The fourth-order valence-corrected chi connectivity index (χ4v) is 3.72. The highest BCUT2D eigenvalue weighted by molar-refractivity contribution is 6.18. The Morgan fingerprint density at radius 1 is 0.893 bits per heavy atom. The van der Waals surface area contributed by atoms with Crippen molar-refractivity contribution in [3.63, 3.8) is 0 Å². The van der Waals surface area contributed by atoms with Crippen molar-refractivity contribution >= 4 is 32.7 Å². The van der Waals surface area contributed by atoms with Crippen LogP contribution in [0.15, 0.2) is 65.3 Å². The summed E-state index contributed by atoms with van der Waals surface area (Å²) in [6.45, 7) is 4.03. The molecule has 3 heteroatoms. The van der Waals surface area contributed by atoms with Crippen LogP contribution < -0.4 is 0 Å². The van der Waals surface area contributed by atoms with E-state index >= 15 is 0 Å². The molecule has 2 aromatic heterocycles. The van der Waals surface area contributed by atoms with Crippen LogP contribution in [0.1, 0.15) is 36.1 Å². The minimum absolute atomic E-state index is 0.139. The molecule has 0 aliphatic heterocycles. The molecule has 5 aromatic rings. The van der Waals surface area contributed by atoms with Crippen LogP contribution in [-0.2, 0) is 5.41 Å². The maximum atomic E-state index is 8.09. The molecule has 28 heavy (non-hydrogen) atoms. The van der Waals surface area contributed by atoms with Gasteiger partial charge in [0.15, 0.2) is 0 Å². The zero-order valence-corrected chi connectivity index (χ0v) is 16.1. The van der Waals surface area contributed by atoms with Crippen molar-refractivity contribution in [2.24, 2.45) is 0 Å². The molecule has 0 aliphatic carbocycles. The van der Waals surface area contributed by atoms with Gasteiger partial charge in [-0.25, -0.2) is 9.97 Å². The zero-order valence-electron chi connectivity index (χ0n) is 19.1. The van der Waals surface area contributed by atoms with Crippen molar-refractivity contribution in [2.75, 3.05) is 0 Å². The summed E-state index contributed by atoms with van der Waals surface area (Å²) in [7, 11) is 0. The summed E-state index contributed by atoms with van der Waals surface area (Å²) >= 11 is 0. The molecule has 0 saturated heterocycles. The summed E-state index contributed by atoms with van der Waals surface area (Å²) in [6.07, 6.45) is 1.55. The summed E-state index contributed by atoms with van der Waals surface area (Å²) < 4.78 is 30.7. The average Bonchev–Trinajstić information content (AvgIpc) is 3.12. The summed E-state index contributed by atoms with van der Waals surface area (Å²) in [5, 5.41) is 3.42. The maximum absolute atomic E-state index is 8.09. The van der Waals surface area contributed by atoms with Crippen LogP contribution in [0.4, 0.5) is 0 Å². The molecule has 0 aliphatic rings. The van der Waals surface area contributed by atoms with Crippen LogP contribution in [0.5, 0.6) is 0 Å². The number of nitrogens with zero attached hydrogens (tertiary/aromatic N) is 2. The van der Waals surface area contributed by atoms with Gasteiger partial charge in [0.2, 0.25) is 0 Å². The molecule has 2 heterocycles. The van der Waals surface area contributed by atoms with Crippen molar-refractivity contribution in [1.82, 2.24) is 9.97 Å². The molecule has 0 saturated carbocycles. The Morgan fingerprint density at radius 3 is 2.57 bits per heavy atom. The summed E-state index contributed by atoms with van der Waals surface area (Å²) in [4.78, 5) is 8.91. The highest BCUT2D eigenvalue weighted by Gasteiger charge is 2.20. The SMILES string of the molecule is [2H]C([2H])([2H])c1ccc(-c2cc(C(C)(C)C)ncn2)c2oc3c4ccccc4ccc3c12. The topological polar surface area (TPSA) is 38.9 Å². The monoisotopic (exact) mass is 369 g/mol. The molecular formula is C25H22N2O. The van der Waals surface area contributed by atoms with Crippen LogP contribution in [0, 0.1) is 6.85 Å². The summed E-state index contributed by atoms with van der Waals surface area (Å²) in [5.74, 6) is 0. The molecule has 0 N–H and O–H groups in total. The second-order valence-electron chi connectivity index (χ2n) is 8.17. The van der Waals surface area contributed by atoms with E-state index in [9.17, 15) is 0 Å². The van der Waals surface area contributed by atoms with E-state index in [4.69, 9.17) is 8.53 Å². The van der Waals surface area contributed by atoms with E-state index < -0.39 is 6.85 Å². The van der Waals surface area contributed by atoms with Crippen molar-refractivity contribution < 1.29 is 8.53 Å². The van der Waals surface area contributed by atoms with Crippen LogP contribution in [0.25, 0.3) is 44.0 Å². The minimum atomic E-state index is -2.26. The van der Waals surface area contributed by atoms with Gasteiger partial charge in [0.05, 0.1) is 5.69 Å². The van der Waals surface area contributed by atoms with E-state index in [1.807, 2.05) is 42.5 Å². The third-order valence-electron chi connectivity index (χ3n) is 5.22. The van der Waals surface area contributed by atoms with Gasteiger partial charge in [-0.05, 0) is 36.0 Å². The van der Waals surface area contributed by atoms with Gasteiger partial charge in [-0.1, -0.05) is 57.2 Å². The molecule has 3 aromatic carbocycles. The summed E-state index contributed by atoms with van der Waals surface area (Å²) in [5.41, 5.74) is 3.76. The average molecular weight is 369 g/mol. The lowest BCUT2D eigenvalue weighted by Crippen LogP contribution is -2.13. The van der Waals surface area contributed by atoms with E-state index in [1.54, 1.807) is 18.5 Å². The van der Waals surface area contributed by atoms with E-state index in [0.717, 1.165) is 27.4 Å². The molecule has 0 bridgehead atoms. The quantitative estimate of drug-likeness (QED) is 0.326. The minimum Gasteiger partial charge on any atom is -0.455 e. The predicted octanol–water partition coefficient (Wildman–Crippen LogP) is 6.80. The first-order valence-electron chi connectivity index (χ1n) is 10.8. The Hall–Kier alpha value is -3.20. The number of aromatic nitrogens is 2. The lowest BCUT2D eigenvalue weighted by atomic mass is 9.91. The lowest BCUT2D eigenvalue weighted by Gasteiger charge is -2.17. The molecule has 0 spiro atoms. The number of hydrogen-bond acceptors (Lipinski definition) is 3. The van der Waals surface area contributed by atoms with Gasteiger partial charge in [0.1, 0.15) is 17.5 Å². The number of furan rings is 1. The fourth-order valence-electron chi connectivity index (χ4n) is 3.72. The third kappa shape index (κ3) is 2.50. The summed E-state index contributed by atoms with van der Waals surface area (Å²) in [6, 6.07) is 17.3. The predicted molar refractivity (Wildman–Crippen MR) is 116 cm³/mol. The van der Waals surface area contributed by atoms with Crippen LogP contribution in [0.3, 0.4) is 0 Å². The van der Waals surface area contributed by atoms with E-state index in [2.05, 4.69) is 30.7 Å². The van der Waals surface area contributed by atoms with Crippen LogP contribution >= 0.6 is 0 Å². The largest absolute Gasteiger partial charge is 0.455 e. The maximum Gasteiger partial charge on any atom is 0.145 e. The molecule has 0 amide bonds. The molecule has 0 atom stereocenters. The van der Waals surface area contributed by atoms with Crippen molar-refractivity contribution in [1.29, 1.82) is 0 Å². The fraction of sp³-hybridized carbons (Fsp3) is 0.200. The van der Waals surface area contributed by atoms with Gasteiger partial charge in [0, 0.05) is 36.9 Å². The highest BCUT2D eigenvalue weighted by Crippen LogP contribution is 2.40. The van der Waals surface area contributed by atoms with Gasteiger partial charge < -0.3 is 4.42 Å². The van der Waals surface area contributed by atoms with Gasteiger partial charge >= 0.3 is 0 Å². The molecule has 5 rings (SSSR count). The second kappa shape index (κ2) is 5.90. The van der Waals surface area contributed by atoms with Gasteiger partial charge in [0.25, 0.3) is 0 Å². The standard InChI is InChI=1S/C25H22N2O/c1-15-9-11-18(20-13-21(25(2,3)4)27-14-26-20)24-22(15)19-12-10-16-7-5-6-8-17(16)23(19)28-24/h5-14H,1-4H3/i1D3. The highest BCUT2D eigenvalue weighted by atomic mass is 16.3. The van der Waals surface area contributed by atoms with Crippen molar-refractivity contribution in [3.8, 4) is 11.3 Å². The third-order valence-corrected chi connectivity index (χ3v) is 5.22. The zero-order chi connectivity index (χ0) is 22.0. The Balaban J connectivity index is 1.91. The number of rotatable bonds is 1. The van der Waals surface area contributed by atoms with Gasteiger partial charge in [-0.3, -0.25) is 0 Å².